The van der Waals surface area contributed by atoms with E-state index in [1.165, 1.54) is 12.1 Å². The molecule has 0 amide bonds. The zero-order valence-electron chi connectivity index (χ0n) is 10.7. The van der Waals surface area contributed by atoms with Crippen molar-refractivity contribution >= 4 is 23.1 Å². The van der Waals surface area contributed by atoms with Gasteiger partial charge in [0, 0.05) is 19.7 Å². The second-order valence-corrected chi connectivity index (χ2v) is 5.41. The Kier molecular flexibility index (Phi) is 3.91. The van der Waals surface area contributed by atoms with Crippen LogP contribution in [-0.4, -0.2) is 34.2 Å². The Labute approximate surface area is 116 Å². The van der Waals surface area contributed by atoms with Crippen molar-refractivity contribution in [2.24, 2.45) is 0 Å². The highest BCUT2D eigenvalue weighted by Crippen LogP contribution is 2.33. The topological polar surface area (TPSA) is 79.5 Å². The van der Waals surface area contributed by atoms with Crippen LogP contribution >= 0.6 is 11.6 Å². The van der Waals surface area contributed by atoms with Crippen molar-refractivity contribution in [1.82, 2.24) is 4.98 Å². The third-order valence-electron chi connectivity index (χ3n) is 3.44. The molecule has 0 aromatic carbocycles. The number of halogens is 1. The Bertz CT molecular complexity index is 489. The van der Waals surface area contributed by atoms with Crippen molar-refractivity contribution in [3.63, 3.8) is 0 Å². The van der Waals surface area contributed by atoms with E-state index in [0.29, 0.717) is 19.4 Å². The lowest BCUT2D eigenvalue weighted by Crippen LogP contribution is -2.39. The van der Waals surface area contributed by atoms with Gasteiger partial charge in [-0.3, -0.25) is 10.1 Å². The van der Waals surface area contributed by atoms with Crippen LogP contribution in [0.15, 0.2) is 12.1 Å². The summed E-state index contributed by atoms with van der Waals surface area (Å²) in [5.41, 5.74) is -0.888. The summed E-state index contributed by atoms with van der Waals surface area (Å²) < 4.78 is 0. The lowest BCUT2D eigenvalue weighted by molar-refractivity contribution is -0.384. The van der Waals surface area contributed by atoms with Crippen LogP contribution < -0.4 is 4.90 Å². The number of nitrogens with zero attached hydrogens (tertiary/aromatic N) is 3. The summed E-state index contributed by atoms with van der Waals surface area (Å²) in [6, 6.07) is 2.72. The molecule has 104 valence electrons. The molecule has 2 rings (SSSR count). The SMILES string of the molecule is CN(CC1(O)CCCC1)c1nc(Cl)ccc1[N+](=O)[O-]. The van der Waals surface area contributed by atoms with Gasteiger partial charge in [-0.05, 0) is 18.9 Å². The first-order valence-electron chi connectivity index (χ1n) is 6.16. The first kappa shape index (κ1) is 14.0. The Morgan fingerprint density at radius 3 is 2.74 bits per heavy atom. The van der Waals surface area contributed by atoms with Crippen molar-refractivity contribution in [1.29, 1.82) is 0 Å². The molecule has 1 saturated carbocycles. The highest BCUT2D eigenvalue weighted by molar-refractivity contribution is 6.29. The molecule has 0 radical (unpaired) electrons. The van der Waals surface area contributed by atoms with Gasteiger partial charge in [-0.25, -0.2) is 4.98 Å². The molecular formula is C12H16ClN3O3. The van der Waals surface area contributed by atoms with Crippen LogP contribution in [0.3, 0.4) is 0 Å². The van der Waals surface area contributed by atoms with Gasteiger partial charge >= 0.3 is 5.69 Å². The maximum absolute atomic E-state index is 11.0. The summed E-state index contributed by atoms with van der Waals surface area (Å²) >= 11 is 5.79. The summed E-state index contributed by atoms with van der Waals surface area (Å²) in [5, 5.41) is 21.5. The Balaban J connectivity index is 2.24. The molecule has 0 unspecified atom stereocenters. The van der Waals surface area contributed by atoms with E-state index in [2.05, 4.69) is 4.98 Å². The number of hydrogen-bond acceptors (Lipinski definition) is 5. The second kappa shape index (κ2) is 5.30. The van der Waals surface area contributed by atoms with Gasteiger partial charge in [0.1, 0.15) is 5.15 Å². The number of nitro groups is 1. The van der Waals surface area contributed by atoms with Crippen molar-refractivity contribution in [3.8, 4) is 0 Å². The summed E-state index contributed by atoms with van der Waals surface area (Å²) in [5.74, 6) is 0.192. The number of aromatic nitrogens is 1. The summed E-state index contributed by atoms with van der Waals surface area (Å²) in [7, 11) is 1.68. The first-order valence-corrected chi connectivity index (χ1v) is 6.53. The fourth-order valence-electron chi connectivity index (χ4n) is 2.55. The third kappa shape index (κ3) is 3.13. The van der Waals surface area contributed by atoms with Gasteiger partial charge in [0.05, 0.1) is 10.5 Å². The van der Waals surface area contributed by atoms with E-state index in [1.54, 1.807) is 11.9 Å². The number of hydrogen-bond donors (Lipinski definition) is 1. The van der Waals surface area contributed by atoms with Gasteiger partial charge in [-0.1, -0.05) is 24.4 Å². The minimum atomic E-state index is -0.785. The van der Waals surface area contributed by atoms with E-state index < -0.39 is 10.5 Å². The number of aliphatic hydroxyl groups is 1. The zero-order valence-corrected chi connectivity index (χ0v) is 11.4. The van der Waals surface area contributed by atoms with Crippen LogP contribution in [0.2, 0.25) is 5.15 Å². The average molecular weight is 286 g/mol. The molecule has 1 aromatic heterocycles. The van der Waals surface area contributed by atoms with E-state index in [0.717, 1.165) is 12.8 Å². The minimum Gasteiger partial charge on any atom is -0.388 e. The van der Waals surface area contributed by atoms with Gasteiger partial charge in [0.2, 0.25) is 5.82 Å². The molecule has 1 N–H and O–H groups in total. The van der Waals surface area contributed by atoms with Crippen molar-refractivity contribution in [2.45, 2.75) is 31.3 Å². The van der Waals surface area contributed by atoms with Crippen LogP contribution in [0.5, 0.6) is 0 Å². The van der Waals surface area contributed by atoms with Gasteiger partial charge in [0.25, 0.3) is 0 Å². The number of rotatable bonds is 4. The van der Waals surface area contributed by atoms with Gasteiger partial charge < -0.3 is 10.0 Å². The highest BCUT2D eigenvalue weighted by Gasteiger charge is 2.34. The maximum atomic E-state index is 11.0. The molecule has 1 fully saturated rings. The summed E-state index contributed by atoms with van der Waals surface area (Å²) in [6.45, 7) is 0.321. The quantitative estimate of drug-likeness (QED) is 0.522. The van der Waals surface area contributed by atoms with Crippen LogP contribution in [0, 0.1) is 10.1 Å². The average Bonchev–Trinajstić information content (AvgIpc) is 2.75. The molecule has 0 atom stereocenters. The second-order valence-electron chi connectivity index (χ2n) is 5.02. The lowest BCUT2D eigenvalue weighted by Gasteiger charge is -2.29. The fourth-order valence-corrected chi connectivity index (χ4v) is 2.69. The summed E-state index contributed by atoms with van der Waals surface area (Å²) in [6.07, 6.45) is 3.39. The van der Waals surface area contributed by atoms with Gasteiger partial charge in [0.15, 0.2) is 0 Å². The Morgan fingerprint density at radius 1 is 1.53 bits per heavy atom. The summed E-state index contributed by atoms with van der Waals surface area (Å²) in [4.78, 5) is 16.1. The van der Waals surface area contributed by atoms with E-state index in [-0.39, 0.29) is 16.7 Å². The largest absolute Gasteiger partial charge is 0.388 e. The monoisotopic (exact) mass is 285 g/mol. The molecule has 1 heterocycles. The van der Waals surface area contributed by atoms with E-state index >= 15 is 0 Å². The molecule has 0 spiro atoms. The van der Waals surface area contributed by atoms with Crippen LogP contribution in [-0.2, 0) is 0 Å². The van der Waals surface area contributed by atoms with Gasteiger partial charge in [-0.2, -0.15) is 0 Å². The predicted octanol–water partition coefficient (Wildman–Crippen LogP) is 2.38. The number of pyridine rings is 1. The van der Waals surface area contributed by atoms with Crippen LogP contribution in [0.4, 0.5) is 11.5 Å². The van der Waals surface area contributed by atoms with E-state index in [9.17, 15) is 15.2 Å². The lowest BCUT2D eigenvalue weighted by atomic mass is 10.0. The fraction of sp³-hybridized carbons (Fsp3) is 0.583. The number of likely N-dealkylation sites (N-methyl/N-ethyl adjacent to an activating group) is 1. The third-order valence-corrected chi connectivity index (χ3v) is 3.66. The normalized spacial score (nSPS) is 17.4. The van der Waals surface area contributed by atoms with Gasteiger partial charge in [-0.15, -0.1) is 0 Å². The molecule has 7 heteroatoms. The zero-order chi connectivity index (χ0) is 14.0. The molecule has 0 bridgehead atoms. The highest BCUT2D eigenvalue weighted by atomic mass is 35.5. The molecule has 1 aliphatic carbocycles. The molecule has 19 heavy (non-hydrogen) atoms. The molecule has 1 aromatic rings. The molecule has 1 aliphatic rings. The van der Waals surface area contributed by atoms with Crippen LogP contribution in [0.25, 0.3) is 0 Å². The van der Waals surface area contributed by atoms with E-state index in [4.69, 9.17) is 11.6 Å². The predicted molar refractivity (Wildman–Crippen MR) is 72.6 cm³/mol. The molecule has 0 aliphatic heterocycles. The van der Waals surface area contributed by atoms with Crippen molar-refractivity contribution in [2.75, 3.05) is 18.5 Å². The van der Waals surface area contributed by atoms with Crippen LogP contribution in [0.1, 0.15) is 25.7 Å². The van der Waals surface area contributed by atoms with Crippen molar-refractivity contribution < 1.29 is 10.0 Å². The smallest absolute Gasteiger partial charge is 0.311 e. The Hall–Kier alpha value is -1.40. The maximum Gasteiger partial charge on any atom is 0.311 e. The molecule has 0 saturated heterocycles. The van der Waals surface area contributed by atoms with E-state index in [1.807, 2.05) is 0 Å². The standard InChI is InChI=1S/C12H16ClN3O3/c1-15(8-12(17)6-2-3-7-12)11-9(16(18)19)4-5-10(13)14-11/h4-5,17H,2-3,6-8H2,1H3. The molecular weight excluding hydrogens is 270 g/mol. The number of anilines is 1. The Morgan fingerprint density at radius 2 is 2.16 bits per heavy atom. The molecule has 6 nitrogen and oxygen atoms in total. The minimum absolute atomic E-state index is 0.103. The van der Waals surface area contributed by atoms with Crippen molar-refractivity contribution in [3.05, 3.63) is 27.4 Å². The first-order chi connectivity index (χ1) is 8.91.